The van der Waals surface area contributed by atoms with Gasteiger partial charge in [-0.15, -0.1) is 11.3 Å². The van der Waals surface area contributed by atoms with Crippen LogP contribution < -0.4 is 0 Å². The van der Waals surface area contributed by atoms with Crippen molar-refractivity contribution in [1.29, 1.82) is 0 Å². The number of nitrogens with zero attached hydrogens (tertiary/aromatic N) is 4. The van der Waals surface area contributed by atoms with Gasteiger partial charge in [0.15, 0.2) is 5.82 Å². The van der Waals surface area contributed by atoms with Crippen LogP contribution in [-0.4, -0.2) is 57.3 Å². The first-order valence-electron chi connectivity index (χ1n) is 6.91. The molecule has 1 aliphatic heterocycles. The molecule has 5 nitrogen and oxygen atoms in total. The van der Waals surface area contributed by atoms with Crippen LogP contribution in [0.3, 0.4) is 0 Å². The van der Waals surface area contributed by atoms with E-state index in [1.54, 1.807) is 11.3 Å². The molecule has 0 radical (unpaired) electrons. The molecule has 1 saturated heterocycles. The van der Waals surface area contributed by atoms with Crippen LogP contribution in [0.15, 0.2) is 17.5 Å². The Hall–Kier alpha value is -1.02. The summed E-state index contributed by atoms with van der Waals surface area (Å²) in [6.45, 7) is 8.60. The number of aromatic nitrogens is 3. The highest BCUT2D eigenvalue weighted by Crippen LogP contribution is 2.20. The van der Waals surface area contributed by atoms with E-state index >= 15 is 0 Å². The first-order chi connectivity index (χ1) is 9.76. The van der Waals surface area contributed by atoms with Gasteiger partial charge in [-0.05, 0) is 30.2 Å². The topological polar surface area (TPSA) is 40.1 Å². The van der Waals surface area contributed by atoms with Gasteiger partial charge < -0.3 is 4.90 Å². The minimum atomic E-state index is 0.631. The highest BCUT2D eigenvalue weighted by Gasteiger charge is 2.16. The van der Waals surface area contributed by atoms with Crippen molar-refractivity contribution in [3.8, 4) is 10.7 Å². The van der Waals surface area contributed by atoms with Crippen molar-refractivity contribution >= 4 is 23.6 Å². The third-order valence-electron chi connectivity index (χ3n) is 3.69. The van der Waals surface area contributed by atoms with Gasteiger partial charge in [0.1, 0.15) is 0 Å². The SMILES string of the molecule is CCN1CCN(Cn2[nH]c(-c3cccs3)nc2=S)CC1. The average molecular weight is 309 g/mol. The molecule has 1 aliphatic rings. The maximum Gasteiger partial charge on any atom is 0.217 e. The normalized spacial score (nSPS) is 17.6. The van der Waals surface area contributed by atoms with Crippen LogP contribution in [0.4, 0.5) is 0 Å². The summed E-state index contributed by atoms with van der Waals surface area (Å²) in [5, 5.41) is 5.36. The average Bonchev–Trinajstić information content (AvgIpc) is 3.10. The lowest BCUT2D eigenvalue weighted by atomic mass is 10.3. The van der Waals surface area contributed by atoms with Crippen molar-refractivity contribution < 1.29 is 0 Å². The van der Waals surface area contributed by atoms with Crippen LogP contribution in [0, 0.1) is 4.77 Å². The quantitative estimate of drug-likeness (QED) is 0.880. The van der Waals surface area contributed by atoms with Gasteiger partial charge in [0.05, 0.1) is 11.5 Å². The molecule has 0 aromatic carbocycles. The molecule has 3 heterocycles. The summed E-state index contributed by atoms with van der Waals surface area (Å²) in [5.74, 6) is 0.872. The standard InChI is InChI=1S/C13H19N5S2/c1-2-16-5-7-17(8-6-16)10-18-13(19)14-12(15-18)11-4-3-9-20-11/h3-4,9H,2,5-8,10H2,1H3,(H,14,15,19). The molecule has 20 heavy (non-hydrogen) atoms. The summed E-state index contributed by atoms with van der Waals surface area (Å²) >= 11 is 7.02. The third-order valence-corrected chi connectivity index (χ3v) is 4.88. The Morgan fingerprint density at radius 3 is 2.70 bits per heavy atom. The smallest absolute Gasteiger partial charge is 0.217 e. The molecule has 0 aliphatic carbocycles. The molecule has 0 bridgehead atoms. The number of piperazine rings is 1. The van der Waals surface area contributed by atoms with Crippen molar-refractivity contribution in [1.82, 2.24) is 24.6 Å². The molecule has 0 atom stereocenters. The lowest BCUT2D eigenvalue weighted by Crippen LogP contribution is -2.46. The molecule has 1 fully saturated rings. The van der Waals surface area contributed by atoms with E-state index in [0.717, 1.165) is 50.1 Å². The summed E-state index contributed by atoms with van der Waals surface area (Å²) in [7, 11) is 0. The molecule has 0 amide bonds. The van der Waals surface area contributed by atoms with E-state index in [0.29, 0.717) is 4.77 Å². The zero-order valence-corrected chi connectivity index (χ0v) is 13.2. The second kappa shape index (κ2) is 6.17. The first-order valence-corrected chi connectivity index (χ1v) is 8.20. The number of hydrogen-bond acceptors (Lipinski definition) is 5. The van der Waals surface area contributed by atoms with Crippen LogP contribution in [0.5, 0.6) is 0 Å². The van der Waals surface area contributed by atoms with E-state index in [2.05, 4.69) is 38.3 Å². The first kappa shape index (κ1) is 13.9. The van der Waals surface area contributed by atoms with Crippen LogP contribution >= 0.6 is 23.6 Å². The Bertz CT molecular complexity index is 593. The van der Waals surface area contributed by atoms with Crippen molar-refractivity contribution in [3.63, 3.8) is 0 Å². The van der Waals surface area contributed by atoms with Gasteiger partial charge in [0.2, 0.25) is 4.77 Å². The fourth-order valence-corrected chi connectivity index (χ4v) is 3.28. The lowest BCUT2D eigenvalue weighted by Gasteiger charge is -2.33. The summed E-state index contributed by atoms with van der Waals surface area (Å²) in [6, 6.07) is 4.09. The van der Waals surface area contributed by atoms with Crippen LogP contribution in [0.25, 0.3) is 10.7 Å². The van der Waals surface area contributed by atoms with E-state index in [4.69, 9.17) is 12.2 Å². The molecule has 3 rings (SSSR count). The van der Waals surface area contributed by atoms with Crippen LogP contribution in [-0.2, 0) is 6.67 Å². The highest BCUT2D eigenvalue weighted by atomic mass is 32.1. The minimum absolute atomic E-state index is 0.631. The van der Waals surface area contributed by atoms with Gasteiger partial charge >= 0.3 is 0 Å². The van der Waals surface area contributed by atoms with Crippen LogP contribution in [0.2, 0.25) is 0 Å². The Morgan fingerprint density at radius 1 is 1.30 bits per heavy atom. The molecule has 2 aromatic heterocycles. The van der Waals surface area contributed by atoms with E-state index in [-0.39, 0.29) is 0 Å². The molecule has 0 unspecified atom stereocenters. The highest BCUT2D eigenvalue weighted by molar-refractivity contribution is 7.71. The second-order valence-corrected chi connectivity index (χ2v) is 6.27. The van der Waals surface area contributed by atoms with E-state index in [1.165, 1.54) is 0 Å². The van der Waals surface area contributed by atoms with Crippen molar-refractivity contribution in [2.45, 2.75) is 13.6 Å². The third kappa shape index (κ3) is 3.01. The zero-order chi connectivity index (χ0) is 13.9. The Kier molecular flexibility index (Phi) is 4.30. The van der Waals surface area contributed by atoms with E-state index in [9.17, 15) is 0 Å². The summed E-state index contributed by atoms with van der Waals surface area (Å²) in [5.41, 5.74) is 0. The number of H-pyrrole nitrogens is 1. The predicted octanol–water partition coefficient (Wildman–Crippen LogP) is 2.26. The number of rotatable bonds is 4. The van der Waals surface area contributed by atoms with Gasteiger partial charge in [0, 0.05) is 26.2 Å². The molecule has 7 heteroatoms. The minimum Gasteiger partial charge on any atom is -0.301 e. The number of aromatic amines is 1. The Labute approximate surface area is 127 Å². The molecular formula is C13H19N5S2. The maximum absolute atomic E-state index is 5.35. The Morgan fingerprint density at radius 2 is 2.05 bits per heavy atom. The van der Waals surface area contributed by atoms with Crippen molar-refractivity contribution in [3.05, 3.63) is 22.3 Å². The van der Waals surface area contributed by atoms with Crippen molar-refractivity contribution in [2.24, 2.45) is 0 Å². The number of hydrogen-bond donors (Lipinski definition) is 1. The maximum atomic E-state index is 5.35. The van der Waals surface area contributed by atoms with Crippen molar-refractivity contribution in [2.75, 3.05) is 32.7 Å². The summed E-state index contributed by atoms with van der Waals surface area (Å²) in [4.78, 5) is 10.5. The van der Waals surface area contributed by atoms with Gasteiger partial charge in [-0.2, -0.15) is 4.98 Å². The predicted molar refractivity (Wildman–Crippen MR) is 84.4 cm³/mol. The van der Waals surface area contributed by atoms with Gasteiger partial charge in [-0.1, -0.05) is 13.0 Å². The molecule has 0 spiro atoms. The van der Waals surface area contributed by atoms with Gasteiger partial charge in [-0.3, -0.25) is 10.00 Å². The fourth-order valence-electron chi connectivity index (χ4n) is 2.42. The van der Waals surface area contributed by atoms with E-state index in [1.807, 2.05) is 10.7 Å². The van der Waals surface area contributed by atoms with Gasteiger partial charge in [0.25, 0.3) is 0 Å². The van der Waals surface area contributed by atoms with E-state index < -0.39 is 0 Å². The zero-order valence-electron chi connectivity index (χ0n) is 11.6. The molecule has 0 saturated carbocycles. The lowest BCUT2D eigenvalue weighted by molar-refractivity contribution is 0.106. The molecule has 108 valence electrons. The largest absolute Gasteiger partial charge is 0.301 e. The summed E-state index contributed by atoms with van der Waals surface area (Å²) in [6.07, 6.45) is 0. The second-order valence-electron chi connectivity index (χ2n) is 4.95. The molecular weight excluding hydrogens is 290 g/mol. The summed E-state index contributed by atoms with van der Waals surface area (Å²) < 4.78 is 2.60. The number of nitrogens with one attached hydrogen (secondary N) is 1. The monoisotopic (exact) mass is 309 g/mol. The molecule has 1 N–H and O–H groups in total. The van der Waals surface area contributed by atoms with Crippen LogP contribution in [0.1, 0.15) is 6.92 Å². The number of likely N-dealkylation sites (N-methyl/N-ethyl adjacent to an activating group) is 1. The molecule has 2 aromatic rings. The Balaban J connectivity index is 1.68. The number of thiophene rings is 1. The fraction of sp³-hybridized carbons (Fsp3) is 0.538. The van der Waals surface area contributed by atoms with Gasteiger partial charge in [-0.25, -0.2) is 4.68 Å².